The topological polar surface area (TPSA) is 38.7 Å². The fourth-order valence-electron chi connectivity index (χ4n) is 1.27. The highest BCUT2D eigenvalue weighted by Crippen LogP contribution is 2.18. The van der Waals surface area contributed by atoms with Gasteiger partial charge in [-0.3, -0.25) is 4.98 Å². The Morgan fingerprint density at radius 2 is 2.29 bits per heavy atom. The summed E-state index contributed by atoms with van der Waals surface area (Å²) in [5.74, 6) is 0. The molecule has 0 unspecified atom stereocenters. The third kappa shape index (κ3) is 1.96. The van der Waals surface area contributed by atoms with E-state index < -0.39 is 0 Å². The summed E-state index contributed by atoms with van der Waals surface area (Å²) in [4.78, 5) is 4.35. The highest BCUT2D eigenvalue weighted by molar-refractivity contribution is 7.12. The van der Waals surface area contributed by atoms with Crippen LogP contribution in [0.5, 0.6) is 0 Å². The standard InChI is InChI=1S/C10H11N3S/c1-2-3-8-4-5-9(11-6-8)10-13-12-7-14-10/h4-7H,2-3H2,1H3. The molecule has 4 heteroatoms. The van der Waals surface area contributed by atoms with Crippen molar-refractivity contribution in [3.05, 3.63) is 29.4 Å². The minimum atomic E-state index is 0.882. The van der Waals surface area contributed by atoms with Crippen LogP contribution in [0.3, 0.4) is 0 Å². The first-order valence-corrected chi connectivity index (χ1v) is 5.49. The van der Waals surface area contributed by atoms with Gasteiger partial charge in [-0.25, -0.2) is 0 Å². The van der Waals surface area contributed by atoms with Crippen molar-refractivity contribution in [2.24, 2.45) is 0 Å². The van der Waals surface area contributed by atoms with Gasteiger partial charge in [0.25, 0.3) is 0 Å². The summed E-state index contributed by atoms with van der Waals surface area (Å²) in [6.45, 7) is 2.17. The SMILES string of the molecule is CCCc1ccc(-c2nncs2)nc1. The first-order chi connectivity index (χ1) is 6.90. The maximum Gasteiger partial charge on any atom is 0.166 e. The van der Waals surface area contributed by atoms with Gasteiger partial charge < -0.3 is 0 Å². The molecule has 3 nitrogen and oxygen atoms in total. The molecule has 0 aliphatic rings. The molecule has 0 saturated heterocycles. The Balaban J connectivity index is 2.22. The number of aryl methyl sites for hydroxylation is 1. The lowest BCUT2D eigenvalue weighted by molar-refractivity contribution is 0.914. The van der Waals surface area contributed by atoms with Crippen LogP contribution >= 0.6 is 11.3 Å². The van der Waals surface area contributed by atoms with Crippen LogP contribution in [0.1, 0.15) is 18.9 Å². The molecule has 0 saturated carbocycles. The first kappa shape index (κ1) is 9.27. The van der Waals surface area contributed by atoms with Gasteiger partial charge in [-0.2, -0.15) is 0 Å². The van der Waals surface area contributed by atoms with Crippen LogP contribution in [0.2, 0.25) is 0 Å². The van der Waals surface area contributed by atoms with Crippen molar-refractivity contribution in [1.29, 1.82) is 0 Å². The summed E-state index contributed by atoms with van der Waals surface area (Å²) in [7, 11) is 0. The van der Waals surface area contributed by atoms with Gasteiger partial charge >= 0.3 is 0 Å². The molecular weight excluding hydrogens is 194 g/mol. The second-order valence-electron chi connectivity index (χ2n) is 3.05. The molecule has 2 aromatic rings. The molecule has 72 valence electrons. The normalized spacial score (nSPS) is 10.4. The minimum absolute atomic E-state index is 0.882. The molecule has 0 aliphatic carbocycles. The van der Waals surface area contributed by atoms with Gasteiger partial charge in [0.05, 0.1) is 0 Å². The molecule has 14 heavy (non-hydrogen) atoms. The highest BCUT2D eigenvalue weighted by atomic mass is 32.1. The molecule has 0 aliphatic heterocycles. The fourth-order valence-corrected chi connectivity index (χ4v) is 1.80. The highest BCUT2D eigenvalue weighted by Gasteiger charge is 2.02. The summed E-state index contributed by atoms with van der Waals surface area (Å²) in [6.07, 6.45) is 4.16. The van der Waals surface area contributed by atoms with Crippen LogP contribution in [0.25, 0.3) is 10.7 Å². The Labute approximate surface area is 86.9 Å². The maximum atomic E-state index is 4.35. The number of hydrogen-bond donors (Lipinski definition) is 0. The van der Waals surface area contributed by atoms with Gasteiger partial charge in [0.2, 0.25) is 0 Å². The van der Waals surface area contributed by atoms with Crippen LogP contribution in [0.4, 0.5) is 0 Å². The summed E-state index contributed by atoms with van der Waals surface area (Å²) >= 11 is 1.51. The molecule has 0 bridgehead atoms. The molecule has 2 heterocycles. The monoisotopic (exact) mass is 205 g/mol. The lowest BCUT2D eigenvalue weighted by Crippen LogP contribution is -1.87. The van der Waals surface area contributed by atoms with Gasteiger partial charge in [0, 0.05) is 6.20 Å². The zero-order valence-corrected chi connectivity index (χ0v) is 8.79. The summed E-state index contributed by atoms with van der Waals surface area (Å²) in [5.41, 5.74) is 3.91. The lowest BCUT2D eigenvalue weighted by atomic mass is 10.1. The van der Waals surface area contributed by atoms with Gasteiger partial charge in [-0.1, -0.05) is 30.7 Å². The number of hydrogen-bond acceptors (Lipinski definition) is 4. The van der Waals surface area contributed by atoms with Crippen molar-refractivity contribution < 1.29 is 0 Å². The van der Waals surface area contributed by atoms with E-state index in [1.54, 1.807) is 5.51 Å². The number of pyridine rings is 1. The van der Waals surface area contributed by atoms with E-state index in [9.17, 15) is 0 Å². The molecule has 0 atom stereocenters. The zero-order valence-electron chi connectivity index (χ0n) is 7.97. The van der Waals surface area contributed by atoms with Crippen molar-refractivity contribution in [1.82, 2.24) is 15.2 Å². The number of aromatic nitrogens is 3. The van der Waals surface area contributed by atoms with Crippen LogP contribution in [-0.2, 0) is 6.42 Å². The molecule has 0 N–H and O–H groups in total. The predicted octanol–water partition coefficient (Wildman–Crippen LogP) is 2.55. The summed E-state index contributed by atoms with van der Waals surface area (Å²) in [5, 5.41) is 8.64. The summed E-state index contributed by atoms with van der Waals surface area (Å²) in [6, 6.07) is 4.11. The van der Waals surface area contributed by atoms with Crippen LogP contribution in [-0.4, -0.2) is 15.2 Å². The largest absolute Gasteiger partial charge is 0.253 e. The zero-order chi connectivity index (χ0) is 9.80. The van der Waals surface area contributed by atoms with E-state index in [0.717, 1.165) is 23.5 Å². The molecular formula is C10H11N3S. The third-order valence-corrected chi connectivity index (χ3v) is 2.66. The average molecular weight is 205 g/mol. The average Bonchev–Trinajstić information content (AvgIpc) is 2.72. The molecule has 0 radical (unpaired) electrons. The predicted molar refractivity (Wildman–Crippen MR) is 57.1 cm³/mol. The second-order valence-corrected chi connectivity index (χ2v) is 3.88. The second kappa shape index (κ2) is 4.28. The Kier molecular flexibility index (Phi) is 2.84. The van der Waals surface area contributed by atoms with Crippen molar-refractivity contribution in [3.8, 4) is 10.7 Å². The van der Waals surface area contributed by atoms with Gasteiger partial charge in [-0.15, -0.1) is 10.2 Å². The van der Waals surface area contributed by atoms with Crippen molar-refractivity contribution in [2.75, 3.05) is 0 Å². The van der Waals surface area contributed by atoms with E-state index in [1.165, 1.54) is 16.9 Å². The smallest absolute Gasteiger partial charge is 0.166 e. The molecule has 0 aromatic carbocycles. The van der Waals surface area contributed by atoms with E-state index in [1.807, 2.05) is 12.3 Å². The van der Waals surface area contributed by atoms with Gasteiger partial charge in [0.15, 0.2) is 5.01 Å². The molecule has 2 rings (SSSR count). The third-order valence-electron chi connectivity index (χ3n) is 1.94. The molecule has 0 amide bonds. The Hall–Kier alpha value is -1.29. The molecule has 0 fully saturated rings. The van der Waals surface area contributed by atoms with Crippen molar-refractivity contribution >= 4 is 11.3 Å². The Bertz CT molecular complexity index is 380. The Morgan fingerprint density at radius 1 is 1.36 bits per heavy atom. The first-order valence-electron chi connectivity index (χ1n) is 4.61. The maximum absolute atomic E-state index is 4.35. The van der Waals surface area contributed by atoms with Crippen LogP contribution in [0.15, 0.2) is 23.8 Å². The molecule has 2 aromatic heterocycles. The van der Waals surface area contributed by atoms with Crippen LogP contribution < -0.4 is 0 Å². The van der Waals surface area contributed by atoms with E-state index in [4.69, 9.17) is 0 Å². The number of rotatable bonds is 3. The quantitative estimate of drug-likeness (QED) is 0.773. The van der Waals surface area contributed by atoms with Crippen molar-refractivity contribution in [3.63, 3.8) is 0 Å². The fraction of sp³-hybridized carbons (Fsp3) is 0.300. The van der Waals surface area contributed by atoms with E-state index in [2.05, 4.69) is 28.2 Å². The summed E-state index contributed by atoms with van der Waals surface area (Å²) < 4.78 is 0. The van der Waals surface area contributed by atoms with Gasteiger partial charge in [0.1, 0.15) is 11.2 Å². The Morgan fingerprint density at radius 3 is 2.86 bits per heavy atom. The van der Waals surface area contributed by atoms with E-state index in [0.29, 0.717) is 0 Å². The van der Waals surface area contributed by atoms with E-state index >= 15 is 0 Å². The van der Waals surface area contributed by atoms with Crippen molar-refractivity contribution in [2.45, 2.75) is 19.8 Å². The van der Waals surface area contributed by atoms with E-state index in [-0.39, 0.29) is 0 Å². The van der Waals surface area contributed by atoms with Crippen LogP contribution in [0, 0.1) is 0 Å². The minimum Gasteiger partial charge on any atom is -0.253 e. The lowest BCUT2D eigenvalue weighted by Gasteiger charge is -1.98. The number of nitrogens with zero attached hydrogens (tertiary/aromatic N) is 3. The van der Waals surface area contributed by atoms with Gasteiger partial charge in [-0.05, 0) is 18.1 Å². The molecule has 0 spiro atoms.